The molecule has 0 bridgehead atoms. The molecule has 0 atom stereocenters. The van der Waals surface area contributed by atoms with Gasteiger partial charge in [0, 0.05) is 0 Å². The Balaban J connectivity index is 0.000000323. The third kappa shape index (κ3) is 14.3. The Morgan fingerprint density at radius 3 is 1.34 bits per heavy atom. The molecule has 6 rings (SSSR count). The van der Waals surface area contributed by atoms with Gasteiger partial charge in [0.1, 0.15) is 0 Å². The standard InChI is InChI=1S/C29H41.2C7H4F3.C5H5.CH2.Zr/c1-26(2,3)22-14-18-13-19-15-23(27(4,5)6)25(29(10,11)12)17-21(19)20(18)16-24(22)28(7,8)9;2*8-7(9,10)6-4-2-1-3-5-6;1-2-4-5-3-1;;/h14,16-17H,13H2,1-12H3;2*1-2,4-5H;1-3H,4H2;1H2;/q4*-1;;. The fourth-order valence-electron chi connectivity index (χ4n) is 6.10. The van der Waals surface area contributed by atoms with Crippen molar-refractivity contribution in [1.29, 1.82) is 0 Å². The Morgan fingerprint density at radius 2 is 1.04 bits per heavy atom. The van der Waals surface area contributed by atoms with E-state index in [1.54, 1.807) is 0 Å². The van der Waals surface area contributed by atoms with Crippen molar-refractivity contribution in [3.63, 3.8) is 0 Å². The van der Waals surface area contributed by atoms with E-state index in [1.807, 2.05) is 12.2 Å². The van der Waals surface area contributed by atoms with Crippen LogP contribution in [0.1, 0.15) is 134 Å². The van der Waals surface area contributed by atoms with Gasteiger partial charge in [-0.05, 0) is 39.4 Å². The van der Waals surface area contributed by atoms with Crippen LogP contribution >= 0.6 is 0 Å². The molecule has 0 N–H and O–H groups in total. The van der Waals surface area contributed by atoms with E-state index in [0.29, 0.717) is 0 Å². The number of alkyl halides is 6. The molecule has 0 saturated carbocycles. The van der Waals surface area contributed by atoms with Crippen LogP contribution in [-0.4, -0.2) is 4.21 Å². The first-order valence-electron chi connectivity index (χ1n) is 18.5. The van der Waals surface area contributed by atoms with E-state index in [4.69, 9.17) is 0 Å². The number of fused-ring (bicyclic) bond motifs is 3. The van der Waals surface area contributed by atoms with Gasteiger partial charge >= 0.3 is 40.8 Å². The first-order chi connectivity index (χ1) is 25.6. The third-order valence-electron chi connectivity index (χ3n) is 8.89. The van der Waals surface area contributed by atoms with Gasteiger partial charge in [-0.1, -0.05) is 117 Å². The minimum atomic E-state index is -4.24. The Labute approximate surface area is 347 Å². The van der Waals surface area contributed by atoms with Gasteiger partial charge in [0.05, 0.1) is 0 Å². The van der Waals surface area contributed by atoms with Crippen molar-refractivity contribution in [3.05, 3.63) is 154 Å². The molecule has 2 aliphatic rings. The first kappa shape index (κ1) is 48.8. The van der Waals surface area contributed by atoms with E-state index in [0.717, 1.165) is 37.1 Å². The number of benzene rings is 4. The SMILES string of the molecule is CC(C)(C)c1[c-]c2c(cc1C(C)(C)C)-c1cc(C(C)(C)C)c(C(C)(C)C)cc1C2.FC(F)(F)c1c[c-]ccc1.FC(F)(F)c1c[c-]ccc1.[C-]1=CC=CC1.[CH2]=[Zr]. The molecule has 0 fully saturated rings. The van der Waals surface area contributed by atoms with Crippen LogP contribution in [0.4, 0.5) is 26.3 Å². The molecular formula is C49H56F6Zr-4. The molecule has 0 heterocycles. The molecular weight excluding hydrogens is 794 g/mol. The summed E-state index contributed by atoms with van der Waals surface area (Å²) in [7, 11) is 0. The summed E-state index contributed by atoms with van der Waals surface area (Å²) in [6.45, 7) is 28.0. The summed E-state index contributed by atoms with van der Waals surface area (Å²) in [5.41, 5.74) is 10.6. The number of halogens is 6. The molecule has 2 aliphatic carbocycles. The van der Waals surface area contributed by atoms with Crippen molar-refractivity contribution in [2.24, 2.45) is 0 Å². The minimum absolute atomic E-state index is 0.0968. The fourth-order valence-corrected chi connectivity index (χ4v) is 6.10. The second-order valence-corrected chi connectivity index (χ2v) is 17.8. The third-order valence-corrected chi connectivity index (χ3v) is 8.89. The van der Waals surface area contributed by atoms with Crippen LogP contribution in [0.5, 0.6) is 0 Å². The average Bonchev–Trinajstić information content (AvgIpc) is 3.79. The van der Waals surface area contributed by atoms with E-state index >= 15 is 0 Å². The second-order valence-electron chi connectivity index (χ2n) is 17.8. The van der Waals surface area contributed by atoms with E-state index in [9.17, 15) is 26.3 Å². The summed E-state index contributed by atoms with van der Waals surface area (Å²) in [5, 5.41) is 0. The molecule has 0 nitrogen and oxygen atoms in total. The molecule has 56 heavy (non-hydrogen) atoms. The van der Waals surface area contributed by atoms with Gasteiger partial charge < -0.3 is 0 Å². The maximum atomic E-state index is 11.8. The van der Waals surface area contributed by atoms with Crippen LogP contribution in [0.2, 0.25) is 0 Å². The van der Waals surface area contributed by atoms with E-state index < -0.39 is 23.5 Å². The van der Waals surface area contributed by atoms with Crippen molar-refractivity contribution in [1.82, 2.24) is 0 Å². The Morgan fingerprint density at radius 1 is 0.589 bits per heavy atom. The van der Waals surface area contributed by atoms with E-state index in [-0.39, 0.29) is 21.7 Å². The van der Waals surface area contributed by atoms with E-state index in [1.165, 1.54) is 93.0 Å². The van der Waals surface area contributed by atoms with Crippen molar-refractivity contribution in [3.8, 4) is 11.1 Å². The van der Waals surface area contributed by atoms with Gasteiger partial charge in [0.15, 0.2) is 0 Å². The molecule has 0 amide bonds. The van der Waals surface area contributed by atoms with Crippen LogP contribution in [0.15, 0.2) is 85.0 Å². The molecule has 0 aliphatic heterocycles. The van der Waals surface area contributed by atoms with Gasteiger partial charge in [-0.25, -0.2) is 12.2 Å². The zero-order valence-corrected chi connectivity index (χ0v) is 37.4. The molecule has 0 aromatic heterocycles. The predicted molar refractivity (Wildman–Crippen MR) is 218 cm³/mol. The van der Waals surface area contributed by atoms with Gasteiger partial charge in [0.25, 0.3) is 0 Å². The monoisotopic (exact) mass is 848 g/mol. The summed E-state index contributed by atoms with van der Waals surface area (Å²) in [6, 6.07) is 25.4. The van der Waals surface area contributed by atoms with Crippen molar-refractivity contribution in [2.45, 2.75) is 130 Å². The van der Waals surface area contributed by atoms with Crippen molar-refractivity contribution < 1.29 is 50.6 Å². The molecule has 0 spiro atoms. The summed E-state index contributed by atoms with van der Waals surface area (Å²) >= 11 is 1.30. The summed E-state index contributed by atoms with van der Waals surface area (Å²) in [6.07, 6.45) is 2.53. The Kier molecular flexibility index (Phi) is 16.9. The van der Waals surface area contributed by atoms with Crippen molar-refractivity contribution >= 4 is 4.21 Å². The van der Waals surface area contributed by atoms with Crippen LogP contribution in [0, 0.1) is 24.3 Å². The van der Waals surface area contributed by atoms with Crippen LogP contribution in [0.3, 0.4) is 0 Å². The summed E-state index contributed by atoms with van der Waals surface area (Å²) in [5.74, 6) is 0. The fraction of sp³-hybridized carbons (Fsp3) is 0.408. The van der Waals surface area contributed by atoms with Gasteiger partial charge in [0.2, 0.25) is 0 Å². The predicted octanol–water partition coefficient (Wildman–Crippen LogP) is 14.5. The first-order valence-corrected chi connectivity index (χ1v) is 20.3. The normalized spacial score (nSPS) is 13.4. The topological polar surface area (TPSA) is 0 Å². The molecule has 0 unspecified atom stereocenters. The molecule has 7 heteroatoms. The molecule has 0 saturated heterocycles. The number of hydrogen-bond acceptors (Lipinski definition) is 0. The zero-order valence-electron chi connectivity index (χ0n) is 35.0. The van der Waals surface area contributed by atoms with Crippen LogP contribution in [0.25, 0.3) is 11.1 Å². The maximum absolute atomic E-state index is 11.8. The molecule has 4 aromatic rings. The Hall–Kier alpha value is -3.31. The molecule has 4 aromatic carbocycles. The van der Waals surface area contributed by atoms with Crippen LogP contribution < -0.4 is 0 Å². The molecule has 302 valence electrons. The molecule has 0 radical (unpaired) electrons. The second kappa shape index (κ2) is 19.4. The number of rotatable bonds is 0. The van der Waals surface area contributed by atoms with E-state index in [2.05, 4.69) is 136 Å². The summed E-state index contributed by atoms with van der Waals surface area (Å²) in [4.78, 5) is 0. The number of hydrogen-bond donors (Lipinski definition) is 0. The van der Waals surface area contributed by atoms with Crippen LogP contribution in [-0.2, 0) is 64.7 Å². The zero-order chi connectivity index (χ0) is 42.9. The quantitative estimate of drug-likeness (QED) is 0.108. The number of allylic oxidation sites excluding steroid dienone is 4. The summed E-state index contributed by atoms with van der Waals surface area (Å²) < 4.78 is 73.9. The van der Waals surface area contributed by atoms with Crippen molar-refractivity contribution in [2.75, 3.05) is 0 Å². The average molecular weight is 850 g/mol. The Bertz CT molecular complexity index is 1760. The van der Waals surface area contributed by atoms with Gasteiger partial charge in [-0.15, -0.1) is 23.1 Å². The van der Waals surface area contributed by atoms with Gasteiger partial charge in [-0.3, -0.25) is 6.08 Å². The van der Waals surface area contributed by atoms with Gasteiger partial charge in [-0.2, -0.15) is 111 Å².